The van der Waals surface area contributed by atoms with Gasteiger partial charge < -0.3 is 10.2 Å². The first-order chi connectivity index (χ1) is 14.2. The van der Waals surface area contributed by atoms with Gasteiger partial charge in [-0.05, 0) is 43.2 Å². The molecular formula is C22H28N6O. The SMILES string of the molecule is CN1CCN(Cc2ccc(C3=CC=CC4=NC(NC(=O)C5CC5)NN34)cc2)CC1. The minimum Gasteiger partial charge on any atom is -0.320 e. The lowest BCUT2D eigenvalue weighted by Gasteiger charge is -2.32. The second-order valence-electron chi connectivity index (χ2n) is 8.32. The first-order valence-corrected chi connectivity index (χ1v) is 10.5. The van der Waals surface area contributed by atoms with Crippen LogP contribution in [0.25, 0.3) is 5.70 Å². The molecule has 7 heteroatoms. The molecule has 1 saturated heterocycles. The molecule has 1 aromatic carbocycles. The van der Waals surface area contributed by atoms with Crippen molar-refractivity contribution in [1.29, 1.82) is 0 Å². The van der Waals surface area contributed by atoms with E-state index in [4.69, 9.17) is 0 Å². The number of amides is 1. The zero-order valence-corrected chi connectivity index (χ0v) is 16.8. The number of fused-ring (bicyclic) bond motifs is 1. The number of rotatable bonds is 5. The molecule has 29 heavy (non-hydrogen) atoms. The minimum absolute atomic E-state index is 0.0921. The molecule has 1 aromatic rings. The van der Waals surface area contributed by atoms with Gasteiger partial charge in [0.1, 0.15) is 5.84 Å². The van der Waals surface area contributed by atoms with Crippen LogP contribution in [0.2, 0.25) is 0 Å². The fourth-order valence-corrected chi connectivity index (χ4v) is 3.95. The molecule has 7 nitrogen and oxygen atoms in total. The molecule has 1 atom stereocenters. The summed E-state index contributed by atoms with van der Waals surface area (Å²) in [5.74, 6) is 1.09. The lowest BCUT2D eigenvalue weighted by molar-refractivity contribution is -0.123. The van der Waals surface area contributed by atoms with Gasteiger partial charge in [0.25, 0.3) is 0 Å². The first kappa shape index (κ1) is 18.5. The van der Waals surface area contributed by atoms with Crippen molar-refractivity contribution in [1.82, 2.24) is 25.6 Å². The molecule has 4 aliphatic rings. The van der Waals surface area contributed by atoms with Gasteiger partial charge in [-0.15, -0.1) is 0 Å². The number of aliphatic imine (C=N–C) groups is 1. The van der Waals surface area contributed by atoms with Gasteiger partial charge in [0.2, 0.25) is 5.91 Å². The van der Waals surface area contributed by atoms with Crippen molar-refractivity contribution in [3.8, 4) is 0 Å². The monoisotopic (exact) mass is 392 g/mol. The Morgan fingerprint density at radius 3 is 2.66 bits per heavy atom. The molecule has 1 unspecified atom stereocenters. The van der Waals surface area contributed by atoms with E-state index in [1.54, 1.807) is 0 Å². The maximum atomic E-state index is 12.1. The van der Waals surface area contributed by atoms with Crippen LogP contribution < -0.4 is 10.7 Å². The number of benzene rings is 1. The summed E-state index contributed by atoms with van der Waals surface area (Å²) < 4.78 is 0. The number of likely N-dealkylation sites (N-methyl/N-ethyl adjacent to an activating group) is 1. The van der Waals surface area contributed by atoms with Gasteiger partial charge in [0.05, 0.1) is 5.70 Å². The first-order valence-electron chi connectivity index (χ1n) is 10.5. The smallest absolute Gasteiger partial charge is 0.225 e. The Labute approximate surface area is 171 Å². The van der Waals surface area contributed by atoms with E-state index in [0.717, 1.165) is 62.7 Å². The third-order valence-electron chi connectivity index (χ3n) is 5.96. The number of amidine groups is 1. The third kappa shape index (κ3) is 4.12. The molecule has 0 bridgehead atoms. The highest BCUT2D eigenvalue weighted by molar-refractivity contribution is 6.02. The summed E-state index contributed by atoms with van der Waals surface area (Å²) in [4.78, 5) is 21.5. The Hall–Kier alpha value is -2.48. The van der Waals surface area contributed by atoms with E-state index in [9.17, 15) is 4.79 Å². The number of carbonyl (C=O) groups is 1. The second kappa shape index (κ2) is 7.74. The Morgan fingerprint density at radius 2 is 1.93 bits per heavy atom. The third-order valence-corrected chi connectivity index (χ3v) is 5.96. The van der Waals surface area contributed by atoms with E-state index in [0.29, 0.717) is 0 Å². The molecule has 0 radical (unpaired) electrons. The van der Waals surface area contributed by atoms with Crippen LogP contribution in [-0.2, 0) is 11.3 Å². The topological polar surface area (TPSA) is 63.2 Å². The van der Waals surface area contributed by atoms with Crippen molar-refractivity contribution < 1.29 is 4.79 Å². The standard InChI is InChI=1S/C22H28N6O/c1-26-11-13-27(14-12-26)15-16-5-7-17(8-6-16)19-3-2-4-20-23-22(25-28(19)20)24-21(29)18-9-10-18/h2-8,18,22,25H,9-15H2,1H3,(H,24,29). The highest BCUT2D eigenvalue weighted by Gasteiger charge is 2.34. The van der Waals surface area contributed by atoms with Gasteiger partial charge in [-0.2, -0.15) is 5.43 Å². The lowest BCUT2D eigenvalue weighted by atomic mass is 10.1. The fraction of sp³-hybridized carbons (Fsp3) is 0.455. The fourth-order valence-electron chi connectivity index (χ4n) is 3.95. The number of hydrogen-bond donors (Lipinski definition) is 2. The lowest BCUT2D eigenvalue weighted by Crippen LogP contribution is -2.47. The number of allylic oxidation sites excluding steroid dienone is 2. The minimum atomic E-state index is -0.402. The molecule has 152 valence electrons. The second-order valence-corrected chi connectivity index (χ2v) is 8.32. The Kier molecular flexibility index (Phi) is 4.95. The Morgan fingerprint density at radius 1 is 1.17 bits per heavy atom. The van der Waals surface area contributed by atoms with Crippen molar-refractivity contribution in [2.24, 2.45) is 10.9 Å². The van der Waals surface area contributed by atoms with Crippen LogP contribution in [0.5, 0.6) is 0 Å². The van der Waals surface area contributed by atoms with E-state index in [1.807, 2.05) is 17.2 Å². The Bertz CT molecular complexity index is 862. The molecule has 0 spiro atoms. The van der Waals surface area contributed by atoms with E-state index < -0.39 is 6.29 Å². The van der Waals surface area contributed by atoms with Crippen LogP contribution in [0, 0.1) is 5.92 Å². The quantitative estimate of drug-likeness (QED) is 0.793. The zero-order valence-electron chi connectivity index (χ0n) is 16.8. The van der Waals surface area contributed by atoms with Crippen LogP contribution in [0.1, 0.15) is 24.0 Å². The number of nitrogens with zero attached hydrogens (tertiary/aromatic N) is 4. The van der Waals surface area contributed by atoms with Gasteiger partial charge in [-0.25, -0.2) is 4.99 Å². The predicted octanol–water partition coefficient (Wildman–Crippen LogP) is 1.37. The molecule has 1 amide bonds. The van der Waals surface area contributed by atoms with Crippen LogP contribution >= 0.6 is 0 Å². The average Bonchev–Trinajstić information content (AvgIpc) is 3.50. The number of nitrogens with one attached hydrogen (secondary N) is 2. The highest BCUT2D eigenvalue weighted by Crippen LogP contribution is 2.29. The van der Waals surface area contributed by atoms with Crippen LogP contribution in [-0.4, -0.2) is 66.1 Å². The summed E-state index contributed by atoms with van der Waals surface area (Å²) in [7, 11) is 2.18. The van der Waals surface area contributed by atoms with E-state index in [1.165, 1.54) is 5.56 Å². The van der Waals surface area contributed by atoms with E-state index in [-0.39, 0.29) is 11.8 Å². The van der Waals surface area contributed by atoms with Crippen molar-refractivity contribution in [3.05, 3.63) is 53.6 Å². The maximum absolute atomic E-state index is 12.1. The largest absolute Gasteiger partial charge is 0.320 e. The molecular weight excluding hydrogens is 364 g/mol. The van der Waals surface area contributed by atoms with Gasteiger partial charge in [-0.1, -0.05) is 30.3 Å². The van der Waals surface area contributed by atoms with Gasteiger partial charge in [-0.3, -0.25) is 14.7 Å². The van der Waals surface area contributed by atoms with Crippen molar-refractivity contribution in [2.45, 2.75) is 25.7 Å². The van der Waals surface area contributed by atoms with Crippen LogP contribution in [0.15, 0.2) is 47.5 Å². The molecule has 3 heterocycles. The summed E-state index contributed by atoms with van der Waals surface area (Å²) in [6, 6.07) is 8.77. The molecule has 5 rings (SSSR count). The number of hydrogen-bond acceptors (Lipinski definition) is 6. The van der Waals surface area contributed by atoms with Gasteiger partial charge >= 0.3 is 0 Å². The summed E-state index contributed by atoms with van der Waals surface area (Å²) in [6.45, 7) is 5.52. The molecule has 1 aliphatic carbocycles. The zero-order chi connectivity index (χ0) is 19.8. The average molecular weight is 393 g/mol. The maximum Gasteiger partial charge on any atom is 0.225 e. The van der Waals surface area contributed by atoms with Gasteiger partial charge in [0.15, 0.2) is 6.29 Å². The summed E-state index contributed by atoms with van der Waals surface area (Å²) in [5.41, 5.74) is 6.81. The molecule has 0 aromatic heterocycles. The number of carbonyl (C=O) groups excluding carboxylic acids is 1. The molecule has 2 fully saturated rings. The van der Waals surface area contributed by atoms with Crippen molar-refractivity contribution in [3.63, 3.8) is 0 Å². The highest BCUT2D eigenvalue weighted by atomic mass is 16.2. The summed E-state index contributed by atoms with van der Waals surface area (Å²) in [6.07, 6.45) is 7.62. The van der Waals surface area contributed by atoms with Crippen molar-refractivity contribution >= 4 is 17.4 Å². The summed E-state index contributed by atoms with van der Waals surface area (Å²) in [5, 5.41) is 4.94. The number of piperazine rings is 1. The van der Waals surface area contributed by atoms with Gasteiger partial charge in [0, 0.05) is 38.6 Å². The van der Waals surface area contributed by atoms with Crippen molar-refractivity contribution in [2.75, 3.05) is 33.2 Å². The van der Waals surface area contributed by atoms with E-state index >= 15 is 0 Å². The predicted molar refractivity (Wildman–Crippen MR) is 113 cm³/mol. The molecule has 1 saturated carbocycles. The van der Waals surface area contributed by atoms with E-state index in [2.05, 4.69) is 62.9 Å². The van der Waals surface area contributed by atoms with Crippen LogP contribution in [0.4, 0.5) is 0 Å². The Balaban J connectivity index is 1.24. The molecule has 2 N–H and O–H groups in total. The summed E-state index contributed by atoms with van der Waals surface area (Å²) >= 11 is 0. The normalized spacial score (nSPS) is 24.9. The van der Waals surface area contributed by atoms with Crippen LogP contribution in [0.3, 0.4) is 0 Å². The number of hydrazine groups is 1. The molecule has 3 aliphatic heterocycles.